The van der Waals surface area contributed by atoms with Crippen molar-refractivity contribution in [3.05, 3.63) is 41.0 Å². The Bertz CT molecular complexity index is 810. The first-order valence-electron chi connectivity index (χ1n) is 11.4. The molecule has 2 heterocycles. The minimum atomic E-state index is -1.68. The van der Waals surface area contributed by atoms with Gasteiger partial charge in [-0.15, -0.1) is 0 Å². The molecule has 31 heavy (non-hydrogen) atoms. The van der Waals surface area contributed by atoms with E-state index in [9.17, 15) is 4.79 Å². The summed E-state index contributed by atoms with van der Waals surface area (Å²) < 4.78 is 17.2. The smallest absolute Gasteiger partial charge is 0.335 e. The van der Waals surface area contributed by atoms with Crippen molar-refractivity contribution in [2.75, 3.05) is 34.0 Å². The quantitative estimate of drug-likeness (QED) is 0.347. The predicted octanol–water partition coefficient (Wildman–Crippen LogP) is 4.67. The number of hydrogen-bond donors (Lipinski definition) is 0. The second-order valence-corrected chi connectivity index (χ2v) is 15.2. The standard InChI is InChI=1S/C25H39NO4Si/c1-25(2,3)31(6,7)30-14-8-9-18-10-12-19(13-11-18)21-15-20-16-29-17-22(26(20)4)23(21)24(27)28-5/h10-13,20,22H,8-9,14-17H2,1-7H3. The van der Waals surface area contributed by atoms with Crippen molar-refractivity contribution in [3.8, 4) is 0 Å². The molecule has 2 aliphatic rings. The molecule has 0 spiro atoms. The van der Waals surface area contributed by atoms with Gasteiger partial charge in [0.15, 0.2) is 8.32 Å². The van der Waals surface area contributed by atoms with Gasteiger partial charge in [-0.05, 0) is 61.1 Å². The van der Waals surface area contributed by atoms with Gasteiger partial charge in [-0.3, -0.25) is 4.90 Å². The minimum absolute atomic E-state index is 0.0397. The molecule has 172 valence electrons. The van der Waals surface area contributed by atoms with Gasteiger partial charge in [-0.2, -0.15) is 0 Å². The van der Waals surface area contributed by atoms with Crippen molar-refractivity contribution in [2.45, 2.75) is 70.2 Å². The fourth-order valence-electron chi connectivity index (χ4n) is 4.18. The maximum atomic E-state index is 12.6. The third kappa shape index (κ3) is 5.30. The van der Waals surface area contributed by atoms with Crippen molar-refractivity contribution in [1.29, 1.82) is 0 Å². The predicted molar refractivity (Wildman–Crippen MR) is 128 cm³/mol. The summed E-state index contributed by atoms with van der Waals surface area (Å²) in [7, 11) is 1.85. The molecule has 0 radical (unpaired) electrons. The number of carbonyl (C=O) groups is 1. The van der Waals surface area contributed by atoms with E-state index in [0.29, 0.717) is 19.3 Å². The number of hydrogen-bond acceptors (Lipinski definition) is 5. The highest BCUT2D eigenvalue weighted by atomic mass is 28.4. The van der Waals surface area contributed by atoms with E-state index in [1.165, 1.54) is 12.7 Å². The maximum Gasteiger partial charge on any atom is 0.335 e. The molecule has 0 aromatic heterocycles. The van der Waals surface area contributed by atoms with Crippen LogP contribution in [-0.4, -0.2) is 65.2 Å². The third-order valence-electron chi connectivity index (χ3n) is 7.34. The van der Waals surface area contributed by atoms with Crippen molar-refractivity contribution in [3.63, 3.8) is 0 Å². The van der Waals surface area contributed by atoms with Gasteiger partial charge in [-0.25, -0.2) is 4.79 Å². The Morgan fingerprint density at radius 2 is 1.87 bits per heavy atom. The van der Waals surface area contributed by atoms with Gasteiger partial charge in [0.2, 0.25) is 0 Å². The molecule has 0 saturated carbocycles. The summed E-state index contributed by atoms with van der Waals surface area (Å²) in [6.07, 6.45) is 2.82. The number of ether oxygens (including phenoxy) is 2. The second-order valence-electron chi connectivity index (χ2n) is 10.4. The van der Waals surface area contributed by atoms with Crippen LogP contribution in [0.2, 0.25) is 18.1 Å². The molecule has 0 N–H and O–H groups in total. The molecular weight excluding hydrogens is 406 g/mol. The summed E-state index contributed by atoms with van der Waals surface area (Å²) in [6.45, 7) is 13.5. The molecule has 2 aliphatic heterocycles. The Kier molecular flexibility index (Phi) is 7.46. The first kappa shape index (κ1) is 24.2. The summed E-state index contributed by atoms with van der Waals surface area (Å²) in [5, 5.41) is 0.247. The third-order valence-corrected chi connectivity index (χ3v) is 11.9. The van der Waals surface area contributed by atoms with Crippen molar-refractivity contribution < 1.29 is 18.7 Å². The second kappa shape index (κ2) is 9.57. The molecule has 1 fully saturated rings. The summed E-state index contributed by atoms with van der Waals surface area (Å²) in [5.41, 5.74) is 4.28. The number of carbonyl (C=O) groups excluding carboxylic acids is 1. The lowest BCUT2D eigenvalue weighted by Gasteiger charge is -2.44. The van der Waals surface area contributed by atoms with Gasteiger partial charge in [-0.1, -0.05) is 45.0 Å². The van der Waals surface area contributed by atoms with E-state index >= 15 is 0 Å². The normalized spacial score (nSPS) is 22.5. The molecule has 1 aromatic rings. The molecule has 2 bridgehead atoms. The number of aryl methyl sites for hydroxylation is 1. The van der Waals surface area contributed by atoms with E-state index in [1.54, 1.807) is 0 Å². The zero-order chi connectivity index (χ0) is 22.8. The average molecular weight is 446 g/mol. The van der Waals surface area contributed by atoms with Crippen LogP contribution in [0.5, 0.6) is 0 Å². The first-order chi connectivity index (χ1) is 14.5. The number of methoxy groups -OCH3 is 1. The fourth-order valence-corrected chi connectivity index (χ4v) is 5.26. The van der Waals surface area contributed by atoms with Crippen LogP contribution in [0, 0.1) is 0 Å². The van der Waals surface area contributed by atoms with Crippen LogP contribution in [0.4, 0.5) is 0 Å². The molecule has 5 nitrogen and oxygen atoms in total. The molecule has 1 saturated heterocycles. The van der Waals surface area contributed by atoms with E-state index in [4.69, 9.17) is 13.9 Å². The molecule has 6 heteroatoms. The van der Waals surface area contributed by atoms with Gasteiger partial charge < -0.3 is 13.9 Å². The lowest BCUT2D eigenvalue weighted by Crippen LogP contribution is -2.54. The minimum Gasteiger partial charge on any atom is -0.466 e. The Morgan fingerprint density at radius 1 is 1.19 bits per heavy atom. The highest BCUT2D eigenvalue weighted by molar-refractivity contribution is 6.74. The van der Waals surface area contributed by atoms with Crippen molar-refractivity contribution in [1.82, 2.24) is 4.90 Å². The van der Waals surface area contributed by atoms with E-state index in [1.807, 2.05) is 0 Å². The summed E-state index contributed by atoms with van der Waals surface area (Å²) in [4.78, 5) is 14.9. The molecule has 3 rings (SSSR count). The number of rotatable bonds is 7. The van der Waals surface area contributed by atoms with Gasteiger partial charge in [0, 0.05) is 12.6 Å². The largest absolute Gasteiger partial charge is 0.466 e. The topological polar surface area (TPSA) is 48.0 Å². The molecule has 0 aliphatic carbocycles. The van der Waals surface area contributed by atoms with Gasteiger partial charge in [0.25, 0.3) is 0 Å². The SMILES string of the molecule is COC(=O)C1=C(c2ccc(CCCO[Si](C)(C)C(C)(C)C)cc2)CC2COCC1N2C. The summed E-state index contributed by atoms with van der Waals surface area (Å²) >= 11 is 0. The van der Waals surface area contributed by atoms with E-state index in [-0.39, 0.29) is 17.0 Å². The molecule has 2 unspecified atom stereocenters. The maximum absolute atomic E-state index is 12.6. The van der Waals surface area contributed by atoms with Gasteiger partial charge in [0.1, 0.15) is 0 Å². The highest BCUT2D eigenvalue weighted by Crippen LogP contribution is 2.38. The number of fused-ring (bicyclic) bond motifs is 2. The van der Waals surface area contributed by atoms with Gasteiger partial charge in [0.05, 0.1) is 31.9 Å². The molecule has 0 amide bonds. The van der Waals surface area contributed by atoms with Crippen LogP contribution in [0.1, 0.15) is 44.7 Å². The van der Waals surface area contributed by atoms with E-state index in [0.717, 1.165) is 42.6 Å². The van der Waals surface area contributed by atoms with Crippen molar-refractivity contribution in [2.24, 2.45) is 0 Å². The van der Waals surface area contributed by atoms with Crippen LogP contribution in [0.25, 0.3) is 5.57 Å². The fraction of sp³-hybridized carbons (Fsp3) is 0.640. The van der Waals surface area contributed by atoms with E-state index in [2.05, 4.69) is 70.1 Å². The van der Waals surface area contributed by atoms with Crippen LogP contribution < -0.4 is 0 Å². The molecule has 1 aromatic carbocycles. The number of esters is 1. The number of likely N-dealkylation sites (N-methyl/N-ethyl adjacent to an activating group) is 1. The zero-order valence-electron chi connectivity index (χ0n) is 20.3. The number of benzene rings is 1. The average Bonchev–Trinajstić information content (AvgIpc) is 2.70. The number of morpholine rings is 1. The molecule has 2 atom stereocenters. The Hall–Kier alpha value is -1.47. The van der Waals surface area contributed by atoms with Crippen LogP contribution in [0.3, 0.4) is 0 Å². The Labute approximate surface area is 188 Å². The Morgan fingerprint density at radius 3 is 2.48 bits per heavy atom. The zero-order valence-corrected chi connectivity index (χ0v) is 21.3. The first-order valence-corrected chi connectivity index (χ1v) is 14.3. The van der Waals surface area contributed by atoms with Crippen LogP contribution in [-0.2, 0) is 25.1 Å². The van der Waals surface area contributed by atoms with Crippen molar-refractivity contribution >= 4 is 19.9 Å². The Balaban J connectivity index is 1.69. The van der Waals surface area contributed by atoms with Crippen LogP contribution in [0.15, 0.2) is 29.8 Å². The van der Waals surface area contributed by atoms with Crippen LogP contribution >= 0.6 is 0 Å². The number of nitrogens with zero attached hydrogens (tertiary/aromatic N) is 1. The summed E-state index contributed by atoms with van der Waals surface area (Å²) in [6, 6.07) is 8.95. The van der Waals surface area contributed by atoms with Gasteiger partial charge >= 0.3 is 5.97 Å². The summed E-state index contributed by atoms with van der Waals surface area (Å²) in [5.74, 6) is -0.248. The monoisotopic (exact) mass is 445 g/mol. The molecular formula is C25H39NO4Si. The van der Waals surface area contributed by atoms with E-state index < -0.39 is 8.32 Å². The lowest BCUT2D eigenvalue weighted by atomic mass is 9.83. The highest BCUT2D eigenvalue weighted by Gasteiger charge is 2.41. The lowest BCUT2D eigenvalue weighted by molar-refractivity contribution is -0.138.